The maximum absolute atomic E-state index is 6.22. The molecule has 0 bridgehead atoms. The van der Waals surface area contributed by atoms with Crippen molar-refractivity contribution >= 4 is 11.6 Å². The van der Waals surface area contributed by atoms with Gasteiger partial charge in [0.2, 0.25) is 0 Å². The molecule has 0 aliphatic heterocycles. The number of fused-ring (bicyclic) bond motifs is 1. The molecule has 0 heterocycles. The minimum absolute atomic E-state index is 0.231. The predicted octanol–water partition coefficient (Wildman–Crippen LogP) is 3.05. The summed E-state index contributed by atoms with van der Waals surface area (Å²) in [7, 11) is 0. The minimum Gasteiger partial charge on any atom is -0.271 e. The van der Waals surface area contributed by atoms with E-state index < -0.39 is 0 Å². The van der Waals surface area contributed by atoms with Crippen LogP contribution in [-0.2, 0) is 12.8 Å². The number of rotatable bonds is 4. The van der Waals surface area contributed by atoms with Crippen molar-refractivity contribution in [1.29, 1.82) is 0 Å². The van der Waals surface area contributed by atoms with Gasteiger partial charge < -0.3 is 0 Å². The summed E-state index contributed by atoms with van der Waals surface area (Å²) >= 11 is 6.22. The van der Waals surface area contributed by atoms with E-state index in [9.17, 15) is 0 Å². The first-order chi connectivity index (χ1) is 9.29. The number of hydrogen-bond acceptors (Lipinski definition) is 2. The number of nitrogens with two attached hydrogens (primary N) is 1. The lowest BCUT2D eigenvalue weighted by Crippen LogP contribution is -2.45. The van der Waals surface area contributed by atoms with Gasteiger partial charge in [-0.2, -0.15) is 0 Å². The smallest absolute Gasteiger partial charge is 0.0438 e. The Morgan fingerprint density at radius 3 is 2.63 bits per heavy atom. The molecule has 2 aromatic rings. The van der Waals surface area contributed by atoms with E-state index in [2.05, 4.69) is 35.8 Å². The molecule has 0 fully saturated rings. The van der Waals surface area contributed by atoms with E-state index in [-0.39, 0.29) is 6.04 Å². The molecule has 0 radical (unpaired) electrons. The van der Waals surface area contributed by atoms with Crippen LogP contribution in [0.3, 0.4) is 0 Å². The molecule has 3 N–H and O–H groups in total. The molecular weight excluding hydrogens is 256 g/mol. The van der Waals surface area contributed by atoms with E-state index in [1.807, 2.05) is 18.2 Å². The third kappa shape index (κ3) is 2.39. The maximum Gasteiger partial charge on any atom is 0.0438 e. The second kappa shape index (κ2) is 5.33. The highest BCUT2D eigenvalue weighted by atomic mass is 35.5. The van der Waals surface area contributed by atoms with Gasteiger partial charge >= 0.3 is 0 Å². The van der Waals surface area contributed by atoms with Crippen molar-refractivity contribution < 1.29 is 0 Å². The SMILES string of the molecule is NNC(Cc1ccccc1Cl)C1Cc2ccccc21. The monoisotopic (exact) mass is 272 g/mol. The third-order valence-electron chi connectivity index (χ3n) is 3.99. The van der Waals surface area contributed by atoms with E-state index in [0.717, 1.165) is 23.4 Å². The highest BCUT2D eigenvalue weighted by Crippen LogP contribution is 2.38. The molecule has 1 aliphatic rings. The number of nitrogens with one attached hydrogen (secondary N) is 1. The zero-order valence-electron chi connectivity index (χ0n) is 10.6. The second-order valence-corrected chi connectivity index (χ2v) is 5.49. The van der Waals surface area contributed by atoms with Gasteiger partial charge in [0.25, 0.3) is 0 Å². The topological polar surface area (TPSA) is 38.0 Å². The molecular formula is C16H17ClN2. The lowest BCUT2D eigenvalue weighted by Gasteiger charge is -2.36. The Kier molecular flexibility index (Phi) is 3.56. The quantitative estimate of drug-likeness (QED) is 0.663. The Labute approximate surface area is 118 Å². The lowest BCUT2D eigenvalue weighted by atomic mass is 9.72. The molecule has 1 aliphatic carbocycles. The third-order valence-corrected chi connectivity index (χ3v) is 4.36. The number of hydrazine groups is 1. The van der Waals surface area contributed by atoms with Gasteiger partial charge in [0.15, 0.2) is 0 Å². The summed E-state index contributed by atoms with van der Waals surface area (Å²) in [6.07, 6.45) is 1.95. The van der Waals surface area contributed by atoms with Crippen LogP contribution in [0.25, 0.3) is 0 Å². The number of halogens is 1. The molecule has 98 valence electrons. The average molecular weight is 273 g/mol. The van der Waals surface area contributed by atoms with Crippen molar-refractivity contribution in [2.75, 3.05) is 0 Å². The van der Waals surface area contributed by atoms with Gasteiger partial charge in [0.05, 0.1) is 0 Å². The first kappa shape index (κ1) is 12.7. The lowest BCUT2D eigenvalue weighted by molar-refractivity contribution is 0.404. The summed E-state index contributed by atoms with van der Waals surface area (Å²) in [4.78, 5) is 0. The molecule has 3 heteroatoms. The summed E-state index contributed by atoms with van der Waals surface area (Å²) in [6.45, 7) is 0. The van der Waals surface area contributed by atoms with Crippen LogP contribution in [0.2, 0.25) is 5.02 Å². The summed E-state index contributed by atoms with van der Waals surface area (Å²) in [5.41, 5.74) is 6.96. The van der Waals surface area contributed by atoms with E-state index in [4.69, 9.17) is 17.4 Å². The van der Waals surface area contributed by atoms with Crippen molar-refractivity contribution in [2.24, 2.45) is 5.84 Å². The van der Waals surface area contributed by atoms with Crippen molar-refractivity contribution in [3.63, 3.8) is 0 Å². The van der Waals surface area contributed by atoms with Crippen molar-refractivity contribution in [3.05, 3.63) is 70.2 Å². The molecule has 0 saturated carbocycles. The van der Waals surface area contributed by atoms with Crippen LogP contribution in [0, 0.1) is 0 Å². The van der Waals surface area contributed by atoms with E-state index >= 15 is 0 Å². The molecule has 2 unspecified atom stereocenters. The van der Waals surface area contributed by atoms with E-state index in [1.54, 1.807) is 0 Å². The Morgan fingerprint density at radius 2 is 1.89 bits per heavy atom. The van der Waals surface area contributed by atoms with Gasteiger partial charge in [0.1, 0.15) is 0 Å². The van der Waals surface area contributed by atoms with Crippen molar-refractivity contribution in [2.45, 2.75) is 24.8 Å². The number of hydrogen-bond donors (Lipinski definition) is 2. The Bertz CT molecular complexity index is 582. The van der Waals surface area contributed by atoms with Crippen molar-refractivity contribution in [3.8, 4) is 0 Å². The first-order valence-electron chi connectivity index (χ1n) is 6.57. The highest BCUT2D eigenvalue weighted by Gasteiger charge is 2.32. The summed E-state index contributed by atoms with van der Waals surface area (Å²) in [6, 6.07) is 16.8. The van der Waals surface area contributed by atoms with Gasteiger partial charge in [-0.05, 0) is 35.6 Å². The largest absolute Gasteiger partial charge is 0.271 e. The van der Waals surface area contributed by atoms with Crippen LogP contribution in [0.1, 0.15) is 22.6 Å². The maximum atomic E-state index is 6.22. The van der Waals surface area contributed by atoms with Gasteiger partial charge in [0, 0.05) is 17.0 Å². The van der Waals surface area contributed by atoms with Crippen LogP contribution >= 0.6 is 11.6 Å². The van der Waals surface area contributed by atoms with Crippen LogP contribution in [0.4, 0.5) is 0 Å². The zero-order chi connectivity index (χ0) is 13.2. The van der Waals surface area contributed by atoms with Crippen LogP contribution in [-0.4, -0.2) is 6.04 Å². The zero-order valence-corrected chi connectivity index (χ0v) is 11.4. The predicted molar refractivity (Wildman–Crippen MR) is 79.2 cm³/mol. The summed E-state index contributed by atoms with van der Waals surface area (Å²) in [5, 5.41) is 0.815. The highest BCUT2D eigenvalue weighted by molar-refractivity contribution is 6.31. The Morgan fingerprint density at radius 1 is 1.16 bits per heavy atom. The van der Waals surface area contributed by atoms with Gasteiger partial charge in [-0.1, -0.05) is 54.1 Å². The molecule has 0 saturated heterocycles. The molecule has 0 amide bonds. The van der Waals surface area contributed by atoms with E-state index in [1.165, 1.54) is 11.1 Å². The van der Waals surface area contributed by atoms with E-state index in [0.29, 0.717) is 5.92 Å². The molecule has 0 spiro atoms. The summed E-state index contributed by atoms with van der Waals surface area (Å²) in [5.74, 6) is 6.23. The van der Waals surface area contributed by atoms with Gasteiger partial charge in [-0.15, -0.1) is 0 Å². The fraction of sp³-hybridized carbons (Fsp3) is 0.250. The molecule has 0 aromatic heterocycles. The average Bonchev–Trinajstić information content (AvgIpc) is 2.41. The standard InChI is InChI=1S/C16H17ClN2/c17-15-8-4-2-6-12(15)10-16(19-18)14-9-11-5-1-3-7-13(11)14/h1-8,14,16,19H,9-10,18H2. The molecule has 2 aromatic carbocycles. The minimum atomic E-state index is 0.231. The second-order valence-electron chi connectivity index (χ2n) is 5.08. The van der Waals surface area contributed by atoms with Crippen LogP contribution in [0.15, 0.2) is 48.5 Å². The van der Waals surface area contributed by atoms with Crippen LogP contribution in [0.5, 0.6) is 0 Å². The number of benzene rings is 2. The first-order valence-corrected chi connectivity index (χ1v) is 6.94. The Balaban J connectivity index is 1.79. The molecule has 2 atom stereocenters. The fourth-order valence-electron chi connectivity index (χ4n) is 2.87. The normalized spacial score (nSPS) is 18.5. The molecule has 19 heavy (non-hydrogen) atoms. The summed E-state index contributed by atoms with van der Waals surface area (Å²) < 4.78 is 0. The molecule has 3 rings (SSSR count). The van der Waals surface area contributed by atoms with Crippen LogP contribution < -0.4 is 11.3 Å². The molecule has 2 nitrogen and oxygen atoms in total. The van der Waals surface area contributed by atoms with Gasteiger partial charge in [-0.25, -0.2) is 0 Å². The van der Waals surface area contributed by atoms with Crippen molar-refractivity contribution in [1.82, 2.24) is 5.43 Å². The van der Waals surface area contributed by atoms with Gasteiger partial charge in [-0.3, -0.25) is 11.3 Å². The Hall–Kier alpha value is -1.35. The fourth-order valence-corrected chi connectivity index (χ4v) is 3.09.